The number of allylic oxidation sites excluding steroid dienone is 3. The number of benzene rings is 1. The highest BCUT2D eigenvalue weighted by molar-refractivity contribution is 8.17. The van der Waals surface area contributed by atoms with Gasteiger partial charge in [-0.25, -0.2) is 9.79 Å². The van der Waals surface area contributed by atoms with Crippen LogP contribution >= 0.6 is 23.4 Å². The zero-order valence-electron chi connectivity index (χ0n) is 14.2. The van der Waals surface area contributed by atoms with E-state index >= 15 is 0 Å². The molecule has 1 aliphatic carbocycles. The molecule has 1 atom stereocenters. The Morgan fingerprint density at radius 1 is 1.32 bits per heavy atom. The van der Waals surface area contributed by atoms with Gasteiger partial charge in [0.05, 0.1) is 24.4 Å². The highest BCUT2D eigenvalue weighted by Gasteiger charge is 2.43. The molecule has 0 aromatic heterocycles. The summed E-state index contributed by atoms with van der Waals surface area (Å²) < 4.78 is 5.08. The molecule has 1 aromatic rings. The van der Waals surface area contributed by atoms with Gasteiger partial charge in [-0.1, -0.05) is 41.6 Å². The van der Waals surface area contributed by atoms with Crippen LogP contribution in [0, 0.1) is 0 Å². The first-order valence-electron chi connectivity index (χ1n) is 8.43. The van der Waals surface area contributed by atoms with E-state index in [1.807, 2.05) is 31.2 Å². The molecule has 0 amide bonds. The van der Waals surface area contributed by atoms with Gasteiger partial charge in [0.2, 0.25) is 0 Å². The summed E-state index contributed by atoms with van der Waals surface area (Å²) in [6.07, 6.45) is 4.46. The van der Waals surface area contributed by atoms with Crippen molar-refractivity contribution >= 4 is 34.5 Å². The van der Waals surface area contributed by atoms with E-state index in [1.54, 1.807) is 11.8 Å². The van der Waals surface area contributed by atoms with Gasteiger partial charge >= 0.3 is 5.97 Å². The summed E-state index contributed by atoms with van der Waals surface area (Å²) in [4.78, 5) is 20.9. The van der Waals surface area contributed by atoms with Crippen molar-refractivity contribution in [2.24, 2.45) is 4.99 Å². The summed E-state index contributed by atoms with van der Waals surface area (Å²) in [6.45, 7) is 1.87. The number of hydrogen-bond donors (Lipinski definition) is 0. The molecule has 2 heterocycles. The van der Waals surface area contributed by atoms with Crippen molar-refractivity contribution < 1.29 is 9.53 Å². The predicted molar refractivity (Wildman–Crippen MR) is 101 cm³/mol. The van der Waals surface area contributed by atoms with Crippen molar-refractivity contribution in [3.63, 3.8) is 0 Å². The van der Waals surface area contributed by atoms with Gasteiger partial charge in [-0.15, -0.1) is 0 Å². The second kappa shape index (κ2) is 6.54. The molecule has 0 spiro atoms. The Morgan fingerprint density at radius 2 is 2.08 bits per heavy atom. The van der Waals surface area contributed by atoms with Crippen LogP contribution in [0.2, 0.25) is 5.02 Å². The highest BCUT2D eigenvalue weighted by atomic mass is 35.5. The normalized spacial score (nSPS) is 22.6. The number of carbonyl (C=O) groups excluding carboxylic acids is 1. The molecule has 25 heavy (non-hydrogen) atoms. The number of methoxy groups -OCH3 is 1. The molecule has 130 valence electrons. The first-order chi connectivity index (χ1) is 12.1. The van der Waals surface area contributed by atoms with E-state index in [2.05, 4.69) is 4.90 Å². The lowest BCUT2D eigenvalue weighted by molar-refractivity contribution is -0.136. The van der Waals surface area contributed by atoms with Crippen LogP contribution in [0.3, 0.4) is 0 Å². The maximum Gasteiger partial charge on any atom is 0.338 e. The summed E-state index contributed by atoms with van der Waals surface area (Å²) in [6, 6.07) is 7.43. The SMILES string of the molecule is COC(=O)C1=C(C)N=C2SC3=C(CCCC3)N2[C@H]1c1ccccc1Cl. The van der Waals surface area contributed by atoms with Crippen LogP contribution in [0.5, 0.6) is 0 Å². The van der Waals surface area contributed by atoms with Crippen molar-refractivity contribution in [3.05, 3.63) is 56.7 Å². The van der Waals surface area contributed by atoms with Crippen molar-refractivity contribution in [1.29, 1.82) is 0 Å². The maximum atomic E-state index is 12.6. The van der Waals surface area contributed by atoms with E-state index in [9.17, 15) is 4.79 Å². The number of fused-ring (bicyclic) bond motifs is 2. The molecular weight excluding hydrogens is 356 g/mol. The largest absolute Gasteiger partial charge is 0.466 e. The number of carbonyl (C=O) groups is 1. The molecule has 0 saturated heterocycles. The van der Waals surface area contributed by atoms with Crippen molar-refractivity contribution in [2.75, 3.05) is 7.11 Å². The van der Waals surface area contributed by atoms with Crippen LogP contribution < -0.4 is 0 Å². The van der Waals surface area contributed by atoms with Gasteiger partial charge in [0.1, 0.15) is 0 Å². The van der Waals surface area contributed by atoms with Gasteiger partial charge in [0.25, 0.3) is 0 Å². The zero-order chi connectivity index (χ0) is 17.6. The third kappa shape index (κ3) is 2.70. The summed E-state index contributed by atoms with van der Waals surface area (Å²) >= 11 is 8.25. The van der Waals surface area contributed by atoms with Gasteiger partial charge in [-0.3, -0.25) is 0 Å². The Hall–Kier alpha value is -1.72. The fourth-order valence-electron chi connectivity index (χ4n) is 3.74. The Labute approximate surface area is 156 Å². The summed E-state index contributed by atoms with van der Waals surface area (Å²) in [5.41, 5.74) is 3.47. The van der Waals surface area contributed by atoms with Gasteiger partial charge in [-0.05, 0) is 44.2 Å². The van der Waals surface area contributed by atoms with Crippen LogP contribution in [0.1, 0.15) is 44.2 Å². The Balaban J connectivity index is 1.91. The number of thioether (sulfide) groups is 1. The molecule has 0 unspecified atom stereocenters. The monoisotopic (exact) mass is 374 g/mol. The zero-order valence-corrected chi connectivity index (χ0v) is 15.8. The fraction of sp³-hybridized carbons (Fsp3) is 0.368. The van der Waals surface area contributed by atoms with E-state index in [0.717, 1.165) is 30.0 Å². The number of nitrogens with zero attached hydrogens (tertiary/aromatic N) is 2. The molecule has 0 saturated carbocycles. The van der Waals surface area contributed by atoms with E-state index in [1.165, 1.54) is 24.1 Å². The van der Waals surface area contributed by atoms with Gasteiger partial charge < -0.3 is 9.64 Å². The van der Waals surface area contributed by atoms with E-state index in [-0.39, 0.29) is 12.0 Å². The standard InChI is InChI=1S/C19H19ClN2O2S/c1-11-16(18(23)24-2)17(12-7-3-4-8-13(12)20)22-14-9-5-6-10-15(14)25-19(22)21-11/h3-4,7-8,17H,5-6,9-10H2,1-2H3/t17-/m0/s1. The molecular formula is C19H19ClN2O2S. The minimum Gasteiger partial charge on any atom is -0.466 e. The lowest BCUT2D eigenvalue weighted by Gasteiger charge is -2.37. The van der Waals surface area contributed by atoms with Crippen LogP contribution in [-0.2, 0) is 9.53 Å². The summed E-state index contributed by atoms with van der Waals surface area (Å²) in [7, 11) is 1.41. The van der Waals surface area contributed by atoms with Crippen molar-refractivity contribution in [3.8, 4) is 0 Å². The number of hydrogen-bond acceptors (Lipinski definition) is 5. The number of ether oxygens (including phenoxy) is 1. The topological polar surface area (TPSA) is 41.9 Å². The number of esters is 1. The molecule has 4 rings (SSSR count). The number of halogens is 1. The molecule has 0 radical (unpaired) electrons. The Kier molecular flexibility index (Phi) is 4.38. The average Bonchev–Trinajstić information content (AvgIpc) is 2.98. The molecule has 2 aliphatic heterocycles. The minimum absolute atomic E-state index is 0.285. The second-order valence-electron chi connectivity index (χ2n) is 6.36. The second-order valence-corrected chi connectivity index (χ2v) is 7.83. The number of aliphatic imine (C=N–C) groups is 1. The van der Waals surface area contributed by atoms with Gasteiger partial charge in [-0.2, -0.15) is 0 Å². The summed E-state index contributed by atoms with van der Waals surface area (Å²) in [5.74, 6) is -0.347. The molecule has 3 aliphatic rings. The maximum absolute atomic E-state index is 12.6. The van der Waals surface area contributed by atoms with Crippen molar-refractivity contribution in [2.45, 2.75) is 38.6 Å². The van der Waals surface area contributed by atoms with E-state index in [0.29, 0.717) is 16.3 Å². The summed E-state index contributed by atoms with van der Waals surface area (Å²) in [5, 5.41) is 1.60. The highest BCUT2D eigenvalue weighted by Crippen LogP contribution is 2.51. The van der Waals surface area contributed by atoms with Crippen LogP contribution in [0.4, 0.5) is 0 Å². The van der Waals surface area contributed by atoms with Crippen LogP contribution in [0.25, 0.3) is 0 Å². The molecule has 4 nitrogen and oxygen atoms in total. The first kappa shape index (κ1) is 16.7. The van der Waals surface area contributed by atoms with Crippen LogP contribution in [-0.4, -0.2) is 23.1 Å². The lowest BCUT2D eigenvalue weighted by Crippen LogP contribution is -2.36. The molecule has 0 fully saturated rings. The first-order valence-corrected chi connectivity index (χ1v) is 9.62. The smallest absolute Gasteiger partial charge is 0.338 e. The lowest BCUT2D eigenvalue weighted by atomic mass is 9.92. The van der Waals surface area contributed by atoms with Gasteiger partial charge in [0.15, 0.2) is 5.17 Å². The minimum atomic E-state index is -0.347. The number of amidine groups is 1. The van der Waals surface area contributed by atoms with E-state index in [4.69, 9.17) is 21.3 Å². The predicted octanol–water partition coefficient (Wildman–Crippen LogP) is 5.03. The van der Waals surface area contributed by atoms with Gasteiger partial charge in [0, 0.05) is 15.6 Å². The van der Waals surface area contributed by atoms with Crippen molar-refractivity contribution in [1.82, 2.24) is 4.90 Å². The Bertz CT molecular complexity index is 844. The number of rotatable bonds is 2. The molecule has 6 heteroatoms. The molecule has 1 aromatic carbocycles. The average molecular weight is 375 g/mol. The fourth-order valence-corrected chi connectivity index (χ4v) is 5.26. The third-order valence-electron chi connectivity index (χ3n) is 4.89. The van der Waals surface area contributed by atoms with E-state index < -0.39 is 0 Å². The molecule has 0 N–H and O–H groups in total. The Morgan fingerprint density at radius 3 is 2.84 bits per heavy atom. The quantitative estimate of drug-likeness (QED) is 0.680. The molecule has 0 bridgehead atoms. The van der Waals surface area contributed by atoms with Crippen LogP contribution in [0.15, 0.2) is 51.1 Å². The third-order valence-corrected chi connectivity index (χ3v) is 6.39.